The van der Waals surface area contributed by atoms with Crippen LogP contribution < -0.4 is 10.6 Å². The second-order valence-corrected chi connectivity index (χ2v) is 8.01. The summed E-state index contributed by atoms with van der Waals surface area (Å²) in [5.41, 5.74) is 0.914. The van der Waals surface area contributed by atoms with E-state index >= 15 is 0 Å². The SMILES string of the molecule is Cc1cc(F)c(C(=O)Nc2cccc(-c3nncn3C(C)C)n2)cc1NC(=O)C1C[C@@H]1F. The van der Waals surface area contributed by atoms with Crippen LogP contribution in [0.3, 0.4) is 0 Å². The molecule has 8 nitrogen and oxygen atoms in total. The van der Waals surface area contributed by atoms with Gasteiger partial charge in [-0.25, -0.2) is 13.8 Å². The first-order valence-electron chi connectivity index (χ1n) is 10.2. The average molecular weight is 440 g/mol. The number of pyridine rings is 1. The third-order valence-electron chi connectivity index (χ3n) is 5.22. The van der Waals surface area contributed by atoms with Crippen molar-refractivity contribution in [2.75, 3.05) is 10.6 Å². The van der Waals surface area contributed by atoms with E-state index in [9.17, 15) is 18.4 Å². The van der Waals surface area contributed by atoms with Gasteiger partial charge in [0.05, 0.1) is 11.5 Å². The molecule has 0 radical (unpaired) electrons. The summed E-state index contributed by atoms with van der Waals surface area (Å²) in [6.45, 7) is 5.55. The first kappa shape index (κ1) is 21.5. The fourth-order valence-corrected chi connectivity index (χ4v) is 3.26. The monoisotopic (exact) mass is 440 g/mol. The second-order valence-electron chi connectivity index (χ2n) is 8.01. The number of aryl methyl sites for hydroxylation is 1. The molecule has 0 aliphatic heterocycles. The van der Waals surface area contributed by atoms with Crippen molar-refractivity contribution in [2.45, 2.75) is 39.4 Å². The summed E-state index contributed by atoms with van der Waals surface area (Å²) in [6, 6.07) is 7.50. The molecule has 2 N–H and O–H groups in total. The Bertz CT molecular complexity index is 1190. The molecule has 1 aliphatic rings. The van der Waals surface area contributed by atoms with Crippen LogP contribution in [0.25, 0.3) is 11.5 Å². The number of rotatable bonds is 6. The molecule has 32 heavy (non-hydrogen) atoms. The van der Waals surface area contributed by atoms with Crippen LogP contribution in [0.15, 0.2) is 36.7 Å². The number of aromatic nitrogens is 4. The number of nitrogens with one attached hydrogen (secondary N) is 2. The van der Waals surface area contributed by atoms with Crippen molar-refractivity contribution in [3.8, 4) is 11.5 Å². The summed E-state index contributed by atoms with van der Waals surface area (Å²) in [6.07, 6.45) is 0.613. The zero-order valence-corrected chi connectivity index (χ0v) is 17.8. The maximum absolute atomic E-state index is 14.5. The van der Waals surface area contributed by atoms with Gasteiger partial charge in [-0.2, -0.15) is 0 Å². The van der Waals surface area contributed by atoms with Gasteiger partial charge in [0.25, 0.3) is 5.91 Å². The Morgan fingerprint density at radius 2 is 1.97 bits per heavy atom. The molecule has 4 rings (SSSR count). The summed E-state index contributed by atoms with van der Waals surface area (Å²) in [5.74, 6) is -1.92. The van der Waals surface area contributed by atoms with Gasteiger partial charge in [0.15, 0.2) is 5.82 Å². The number of carbonyl (C=O) groups is 2. The number of hydrogen-bond acceptors (Lipinski definition) is 5. The molecule has 1 fully saturated rings. The van der Waals surface area contributed by atoms with E-state index in [1.165, 1.54) is 6.07 Å². The molecule has 2 aromatic heterocycles. The maximum atomic E-state index is 14.5. The van der Waals surface area contributed by atoms with Crippen LogP contribution in [0, 0.1) is 18.7 Å². The van der Waals surface area contributed by atoms with Gasteiger partial charge in [0, 0.05) is 11.7 Å². The topological polar surface area (TPSA) is 102 Å². The van der Waals surface area contributed by atoms with E-state index in [0.29, 0.717) is 17.1 Å². The van der Waals surface area contributed by atoms with E-state index in [1.807, 2.05) is 18.4 Å². The zero-order valence-electron chi connectivity index (χ0n) is 17.8. The van der Waals surface area contributed by atoms with E-state index < -0.39 is 29.7 Å². The molecule has 2 amide bonds. The van der Waals surface area contributed by atoms with Crippen LogP contribution in [-0.2, 0) is 4.79 Å². The number of alkyl halides is 1. The van der Waals surface area contributed by atoms with E-state index in [0.717, 1.165) is 6.07 Å². The Balaban J connectivity index is 1.56. The fraction of sp³-hybridized carbons (Fsp3) is 0.318. The highest BCUT2D eigenvalue weighted by Crippen LogP contribution is 2.35. The lowest BCUT2D eigenvalue weighted by molar-refractivity contribution is -0.117. The molecule has 3 aromatic rings. The van der Waals surface area contributed by atoms with Crippen molar-refractivity contribution in [3.63, 3.8) is 0 Å². The Hall–Kier alpha value is -3.69. The van der Waals surface area contributed by atoms with Crippen molar-refractivity contribution < 1.29 is 18.4 Å². The lowest BCUT2D eigenvalue weighted by Crippen LogP contribution is -2.19. The lowest BCUT2D eigenvalue weighted by Gasteiger charge is -2.13. The number of anilines is 2. The van der Waals surface area contributed by atoms with Crippen molar-refractivity contribution in [1.29, 1.82) is 0 Å². The normalized spacial score (nSPS) is 17.3. The molecular weight excluding hydrogens is 418 g/mol. The standard InChI is InChI=1S/C22H22F2N6O2/c1-11(2)30-10-25-29-20(30)17-5-4-6-19(26-17)28-22(32)14-9-18(12(3)7-15(14)23)27-21(31)13-8-16(13)24/h4-7,9-11,13,16H,8H2,1-3H3,(H,27,31)(H,26,28,32)/t13?,16-/m0/s1. The molecule has 10 heteroatoms. The average Bonchev–Trinajstić information content (AvgIpc) is 3.27. The number of halogens is 2. The van der Waals surface area contributed by atoms with Crippen LogP contribution in [-0.4, -0.2) is 37.7 Å². The molecule has 0 spiro atoms. The Morgan fingerprint density at radius 3 is 2.66 bits per heavy atom. The number of amides is 2. The van der Waals surface area contributed by atoms with E-state index in [4.69, 9.17) is 0 Å². The predicted octanol–water partition coefficient (Wildman–Crippen LogP) is 3.92. The van der Waals surface area contributed by atoms with Gasteiger partial charge < -0.3 is 15.2 Å². The maximum Gasteiger partial charge on any atom is 0.259 e. The number of benzene rings is 1. The molecule has 2 atom stereocenters. The van der Waals surface area contributed by atoms with Crippen LogP contribution in [0.2, 0.25) is 0 Å². The predicted molar refractivity (Wildman–Crippen MR) is 114 cm³/mol. The molecule has 1 aliphatic carbocycles. The molecule has 1 aromatic carbocycles. The van der Waals surface area contributed by atoms with Crippen molar-refractivity contribution in [2.24, 2.45) is 5.92 Å². The summed E-state index contributed by atoms with van der Waals surface area (Å²) < 4.78 is 29.5. The minimum Gasteiger partial charge on any atom is -0.325 e. The van der Waals surface area contributed by atoms with E-state index in [2.05, 4.69) is 25.8 Å². The van der Waals surface area contributed by atoms with E-state index in [1.54, 1.807) is 31.5 Å². The highest BCUT2D eigenvalue weighted by atomic mass is 19.1. The van der Waals surface area contributed by atoms with Crippen LogP contribution >= 0.6 is 0 Å². The number of carbonyl (C=O) groups excluding carboxylic acids is 2. The number of hydrogen-bond donors (Lipinski definition) is 2. The number of nitrogens with zero attached hydrogens (tertiary/aromatic N) is 4. The molecule has 0 bridgehead atoms. The van der Waals surface area contributed by atoms with E-state index in [-0.39, 0.29) is 29.5 Å². The molecule has 2 heterocycles. The van der Waals surface area contributed by atoms with Gasteiger partial charge in [-0.3, -0.25) is 9.59 Å². The van der Waals surface area contributed by atoms with Crippen molar-refractivity contribution in [1.82, 2.24) is 19.7 Å². The van der Waals surface area contributed by atoms with Crippen molar-refractivity contribution >= 4 is 23.3 Å². The Kier molecular flexibility index (Phi) is 5.68. The van der Waals surface area contributed by atoms with Gasteiger partial charge in [-0.05, 0) is 57.0 Å². The molecule has 166 valence electrons. The smallest absolute Gasteiger partial charge is 0.259 e. The van der Waals surface area contributed by atoms with Crippen LogP contribution in [0.5, 0.6) is 0 Å². The van der Waals surface area contributed by atoms with Crippen LogP contribution in [0.1, 0.15) is 42.2 Å². The van der Waals surface area contributed by atoms with Crippen LogP contribution in [0.4, 0.5) is 20.3 Å². The van der Waals surface area contributed by atoms with Crippen molar-refractivity contribution in [3.05, 3.63) is 53.6 Å². The van der Waals surface area contributed by atoms with Gasteiger partial charge >= 0.3 is 0 Å². The minimum absolute atomic E-state index is 0.110. The first-order valence-corrected chi connectivity index (χ1v) is 10.2. The fourth-order valence-electron chi connectivity index (χ4n) is 3.26. The third kappa shape index (κ3) is 4.34. The largest absolute Gasteiger partial charge is 0.325 e. The Labute approximate surface area is 183 Å². The van der Waals surface area contributed by atoms with Gasteiger partial charge in [0.2, 0.25) is 5.91 Å². The minimum atomic E-state index is -1.15. The first-order chi connectivity index (χ1) is 15.2. The third-order valence-corrected chi connectivity index (χ3v) is 5.22. The van der Waals surface area contributed by atoms with Gasteiger partial charge in [-0.15, -0.1) is 10.2 Å². The van der Waals surface area contributed by atoms with Gasteiger partial charge in [-0.1, -0.05) is 6.07 Å². The summed E-state index contributed by atoms with van der Waals surface area (Å²) in [5, 5.41) is 13.1. The molecule has 1 unspecified atom stereocenters. The van der Waals surface area contributed by atoms with Gasteiger partial charge in [0.1, 0.15) is 29.8 Å². The second kappa shape index (κ2) is 8.45. The Morgan fingerprint density at radius 1 is 1.22 bits per heavy atom. The quantitative estimate of drug-likeness (QED) is 0.605. The summed E-state index contributed by atoms with van der Waals surface area (Å²) in [7, 11) is 0. The highest BCUT2D eigenvalue weighted by molar-refractivity contribution is 6.05. The molecule has 0 saturated heterocycles. The highest BCUT2D eigenvalue weighted by Gasteiger charge is 2.43. The molecular formula is C22H22F2N6O2. The summed E-state index contributed by atoms with van der Waals surface area (Å²) in [4.78, 5) is 29.2. The lowest BCUT2D eigenvalue weighted by atomic mass is 10.1. The zero-order chi connectivity index (χ0) is 23.0. The summed E-state index contributed by atoms with van der Waals surface area (Å²) >= 11 is 0. The molecule has 1 saturated carbocycles.